The molecule has 0 aliphatic rings. The molecule has 0 saturated heterocycles. The first-order valence-electron chi connectivity index (χ1n) is 16.4. The van der Waals surface area contributed by atoms with Crippen LogP contribution in [0, 0.1) is 0 Å². The number of benzene rings is 5. The molecule has 0 amide bonds. The average Bonchev–Trinajstić information content (AvgIpc) is 3.47. The largest absolute Gasteiger partial charge is 0.455 e. The molecule has 5 aromatic carbocycles. The summed E-state index contributed by atoms with van der Waals surface area (Å²) in [6.07, 6.45) is 0. The quantitative estimate of drug-likeness (QED) is 0.191. The van der Waals surface area contributed by atoms with Crippen molar-refractivity contribution < 1.29 is 4.42 Å². The van der Waals surface area contributed by atoms with Crippen molar-refractivity contribution in [3.8, 4) is 45.3 Å². The van der Waals surface area contributed by atoms with E-state index in [0.717, 1.165) is 44.2 Å². The molecule has 2 aromatic heterocycles. The third kappa shape index (κ3) is 4.96. The van der Waals surface area contributed by atoms with Crippen molar-refractivity contribution in [1.29, 1.82) is 0 Å². The molecule has 47 heavy (non-hydrogen) atoms. The lowest BCUT2D eigenvalue weighted by molar-refractivity contribution is 0.669. The van der Waals surface area contributed by atoms with Gasteiger partial charge in [-0.2, -0.15) is 0 Å². The van der Waals surface area contributed by atoms with Gasteiger partial charge in [0.05, 0.1) is 5.56 Å². The lowest BCUT2D eigenvalue weighted by Gasteiger charge is -2.22. The van der Waals surface area contributed by atoms with Gasteiger partial charge in [-0.3, -0.25) is 0 Å². The standard InChI is InChI=1S/C33H31B10N3O/c34-20-18(21(35)25(39)28(42)24(20)38)32-44-31(45-33(46-32)19-22(36)26(40)29(43)27(41)23(19)37)15-8-4-7-14-16-11-13(12-5-2-1-3-6-12)9-10-17(16)47-30(14)15/h1-11H,34-43H2. The summed E-state index contributed by atoms with van der Waals surface area (Å²) in [6, 6.07) is 23.2. The van der Waals surface area contributed by atoms with Crippen LogP contribution in [0.4, 0.5) is 0 Å². The molecule has 4 nitrogen and oxygen atoms in total. The molecule has 0 unspecified atom stereocenters. The number of fused-ring (bicyclic) bond motifs is 3. The summed E-state index contributed by atoms with van der Waals surface area (Å²) < 4.78 is 6.62. The van der Waals surface area contributed by atoms with E-state index in [-0.39, 0.29) is 0 Å². The Morgan fingerprint density at radius 2 is 0.894 bits per heavy atom. The lowest BCUT2D eigenvalue weighted by Crippen LogP contribution is -2.55. The first-order chi connectivity index (χ1) is 22.5. The van der Waals surface area contributed by atoms with Crippen molar-refractivity contribution >= 4 is 155 Å². The Bertz CT molecular complexity index is 2280. The molecule has 2 heterocycles. The Morgan fingerprint density at radius 3 is 1.43 bits per heavy atom. The van der Waals surface area contributed by atoms with E-state index in [0.29, 0.717) is 17.5 Å². The number of nitrogens with zero attached hydrogens (tertiary/aromatic N) is 3. The van der Waals surface area contributed by atoms with Gasteiger partial charge in [-0.05, 0) is 29.3 Å². The summed E-state index contributed by atoms with van der Waals surface area (Å²) in [5, 5.41) is 2.12. The van der Waals surface area contributed by atoms with Crippen molar-refractivity contribution in [2.24, 2.45) is 0 Å². The molecule has 0 bridgehead atoms. The Kier molecular flexibility index (Phi) is 7.74. The molecule has 7 rings (SSSR count). The summed E-state index contributed by atoms with van der Waals surface area (Å²) >= 11 is 0. The van der Waals surface area contributed by atoms with E-state index in [4.69, 9.17) is 19.4 Å². The molecular weight excluding hydrogens is 563 g/mol. The summed E-state index contributed by atoms with van der Waals surface area (Å²) in [6.45, 7) is 0. The van der Waals surface area contributed by atoms with Crippen LogP contribution in [0.25, 0.3) is 67.2 Å². The van der Waals surface area contributed by atoms with Gasteiger partial charge in [-0.25, -0.2) is 15.0 Å². The van der Waals surface area contributed by atoms with Gasteiger partial charge in [0.15, 0.2) is 17.5 Å². The monoisotopic (exact) mass is 595 g/mol. The molecule has 0 saturated carbocycles. The molecule has 214 valence electrons. The molecule has 14 heteroatoms. The first-order valence-corrected chi connectivity index (χ1v) is 16.4. The van der Waals surface area contributed by atoms with Crippen molar-refractivity contribution in [3.63, 3.8) is 0 Å². The highest BCUT2D eigenvalue weighted by Gasteiger charge is 2.23. The van der Waals surface area contributed by atoms with Gasteiger partial charge in [0, 0.05) is 21.9 Å². The highest BCUT2D eigenvalue weighted by atomic mass is 16.3. The zero-order valence-corrected chi connectivity index (χ0v) is 29.1. The predicted octanol–water partition coefficient (Wildman–Crippen LogP) is -8.98. The van der Waals surface area contributed by atoms with E-state index < -0.39 is 0 Å². The fourth-order valence-electron chi connectivity index (χ4n) is 7.18. The van der Waals surface area contributed by atoms with Crippen molar-refractivity contribution in [2.75, 3.05) is 0 Å². The van der Waals surface area contributed by atoms with Crippen LogP contribution in [0.2, 0.25) is 0 Å². The number of aromatic nitrogens is 3. The number of hydrogen-bond donors (Lipinski definition) is 0. The van der Waals surface area contributed by atoms with Gasteiger partial charge in [0.1, 0.15) is 89.6 Å². The van der Waals surface area contributed by atoms with Crippen molar-refractivity contribution in [2.45, 2.75) is 0 Å². The van der Waals surface area contributed by atoms with Crippen LogP contribution in [-0.2, 0) is 0 Å². The summed E-state index contributed by atoms with van der Waals surface area (Å²) in [4.78, 5) is 15.8. The minimum Gasteiger partial charge on any atom is -0.455 e. The van der Waals surface area contributed by atoms with E-state index in [1.165, 1.54) is 60.2 Å². The number of furan rings is 1. The topological polar surface area (TPSA) is 51.8 Å². The SMILES string of the molecule is Bc1c(B)c(B)c(-c2nc(-c3c(B)c(B)c(B)c(B)c3B)nc(-c3cccc4c3oc3ccc(-c5ccccc5)cc34)n2)c(B)c1B. The minimum absolute atomic E-state index is 0.613. The molecular formula is C33H31B10N3O. The molecule has 0 atom stereocenters. The van der Waals surface area contributed by atoms with Crippen LogP contribution in [0.15, 0.2) is 71.1 Å². The van der Waals surface area contributed by atoms with Crippen LogP contribution < -0.4 is 54.6 Å². The smallest absolute Gasteiger partial charge is 0.167 e. The maximum atomic E-state index is 6.62. The number of para-hydroxylation sites is 1. The third-order valence-corrected chi connectivity index (χ3v) is 10.9. The highest BCUT2D eigenvalue weighted by molar-refractivity contribution is 6.69. The van der Waals surface area contributed by atoms with E-state index in [9.17, 15) is 0 Å². The maximum absolute atomic E-state index is 6.62. The second-order valence-corrected chi connectivity index (χ2v) is 13.2. The highest BCUT2D eigenvalue weighted by Crippen LogP contribution is 2.37. The maximum Gasteiger partial charge on any atom is 0.167 e. The van der Waals surface area contributed by atoms with Crippen LogP contribution in [0.3, 0.4) is 0 Å². The molecule has 0 spiro atoms. The molecule has 7 aromatic rings. The Labute approximate surface area is 285 Å². The van der Waals surface area contributed by atoms with E-state index in [2.05, 4.69) is 139 Å². The summed E-state index contributed by atoms with van der Waals surface area (Å²) in [7, 11) is 22.0. The van der Waals surface area contributed by atoms with Crippen LogP contribution in [-0.4, -0.2) is 93.4 Å². The number of rotatable bonds is 4. The Hall–Kier alpha value is -4.44. The lowest BCUT2D eigenvalue weighted by atomic mass is 9.60. The van der Waals surface area contributed by atoms with Gasteiger partial charge in [-0.1, -0.05) is 70.4 Å². The number of hydrogen-bond acceptors (Lipinski definition) is 4. The predicted molar refractivity (Wildman–Crippen MR) is 231 cm³/mol. The van der Waals surface area contributed by atoms with Crippen LogP contribution >= 0.6 is 0 Å². The zero-order valence-electron chi connectivity index (χ0n) is 29.1. The van der Waals surface area contributed by atoms with Gasteiger partial charge >= 0.3 is 0 Å². The fourth-order valence-corrected chi connectivity index (χ4v) is 7.18. The molecule has 0 aliphatic heterocycles. The molecule has 0 fully saturated rings. The Morgan fingerprint density at radius 1 is 0.404 bits per heavy atom. The van der Waals surface area contributed by atoms with Crippen LogP contribution in [0.5, 0.6) is 0 Å². The van der Waals surface area contributed by atoms with Crippen molar-refractivity contribution in [3.05, 3.63) is 66.7 Å². The van der Waals surface area contributed by atoms with Crippen LogP contribution in [0.1, 0.15) is 0 Å². The summed E-state index contributed by atoms with van der Waals surface area (Å²) in [5.74, 6) is 2.00. The average molecular weight is 594 g/mol. The summed E-state index contributed by atoms with van der Waals surface area (Å²) in [5.41, 5.74) is 19.5. The van der Waals surface area contributed by atoms with Gasteiger partial charge in [-0.15, -0.1) is 32.8 Å². The first kappa shape index (κ1) is 31.2. The van der Waals surface area contributed by atoms with Crippen molar-refractivity contribution in [1.82, 2.24) is 15.0 Å². The molecule has 0 radical (unpaired) electrons. The van der Waals surface area contributed by atoms with Gasteiger partial charge < -0.3 is 4.42 Å². The van der Waals surface area contributed by atoms with E-state index in [1.54, 1.807) is 0 Å². The Balaban J connectivity index is 1.54. The normalized spacial score (nSPS) is 11.4. The van der Waals surface area contributed by atoms with Gasteiger partial charge in [0.2, 0.25) is 0 Å². The van der Waals surface area contributed by atoms with E-state index in [1.807, 2.05) is 6.07 Å². The minimum atomic E-state index is 0.613. The van der Waals surface area contributed by atoms with Gasteiger partial charge in [0.25, 0.3) is 0 Å². The fraction of sp³-hybridized carbons (Fsp3) is 0. The molecule has 0 N–H and O–H groups in total. The molecule has 0 aliphatic carbocycles. The van der Waals surface area contributed by atoms with E-state index >= 15 is 0 Å². The second-order valence-electron chi connectivity index (χ2n) is 13.2. The zero-order chi connectivity index (χ0) is 33.3. The third-order valence-electron chi connectivity index (χ3n) is 10.9. The second kappa shape index (κ2) is 11.7.